The molecule has 4 N–H and O–H groups in total. The second-order valence-electron chi connectivity index (χ2n) is 5.41. The Morgan fingerprint density at radius 3 is 2.58 bits per heavy atom. The molecule has 0 fully saturated rings. The van der Waals surface area contributed by atoms with E-state index in [0.29, 0.717) is 12.5 Å². The summed E-state index contributed by atoms with van der Waals surface area (Å²) in [5.74, 6) is 1.36. The van der Waals surface area contributed by atoms with E-state index >= 15 is 0 Å². The lowest BCUT2D eigenvalue weighted by Crippen LogP contribution is -2.10. The van der Waals surface area contributed by atoms with Gasteiger partial charge in [-0.25, -0.2) is 4.98 Å². The first-order valence-corrected chi connectivity index (χ1v) is 8.04. The number of nitrogens with zero attached hydrogens (tertiary/aromatic N) is 2. The third-order valence-corrected chi connectivity index (χ3v) is 3.57. The van der Waals surface area contributed by atoms with Crippen LogP contribution in [-0.4, -0.2) is 23.1 Å². The summed E-state index contributed by atoms with van der Waals surface area (Å²) in [6, 6.07) is 20.3. The fourth-order valence-electron chi connectivity index (χ4n) is 2.37. The number of nitrogens with two attached hydrogens (primary N) is 1. The maximum absolute atomic E-state index is 5.50. The molecule has 5 nitrogen and oxygen atoms in total. The summed E-state index contributed by atoms with van der Waals surface area (Å²) >= 11 is 0. The molecular weight excluding hydrogens is 298 g/mol. The maximum Gasteiger partial charge on any atom is 0.229 e. The molecule has 0 aliphatic heterocycles. The number of nitrogens with one attached hydrogen (secondary N) is 2. The lowest BCUT2D eigenvalue weighted by Gasteiger charge is -2.09. The van der Waals surface area contributed by atoms with Crippen LogP contribution in [0.5, 0.6) is 0 Å². The minimum absolute atomic E-state index is 0.568. The fraction of sp³-hybridized carbons (Fsp3) is 0.158. The standard InChI is InChI=1S/C19H21N5/c20-11-5-12-21-18-10-13-22-19(24-18)23-17-9-4-8-16(14-17)15-6-2-1-3-7-15/h1-4,6-10,13-14H,5,11-12,20H2,(H2,21,22,23,24). The van der Waals surface area contributed by atoms with Crippen LogP contribution in [0.15, 0.2) is 66.9 Å². The van der Waals surface area contributed by atoms with Gasteiger partial charge in [-0.1, -0.05) is 42.5 Å². The van der Waals surface area contributed by atoms with Crippen molar-refractivity contribution in [1.29, 1.82) is 0 Å². The van der Waals surface area contributed by atoms with Crippen LogP contribution >= 0.6 is 0 Å². The quantitative estimate of drug-likeness (QED) is 0.580. The third-order valence-electron chi connectivity index (χ3n) is 3.57. The Hall–Kier alpha value is -2.92. The van der Waals surface area contributed by atoms with Crippen molar-refractivity contribution >= 4 is 17.5 Å². The van der Waals surface area contributed by atoms with E-state index in [1.807, 2.05) is 36.4 Å². The SMILES string of the molecule is NCCCNc1ccnc(Nc2cccc(-c3ccccc3)c2)n1. The van der Waals surface area contributed by atoms with Gasteiger partial charge in [-0.2, -0.15) is 4.98 Å². The van der Waals surface area contributed by atoms with E-state index in [-0.39, 0.29) is 0 Å². The van der Waals surface area contributed by atoms with Crippen molar-refractivity contribution in [2.45, 2.75) is 6.42 Å². The number of benzene rings is 2. The summed E-state index contributed by atoms with van der Waals surface area (Å²) in [5, 5.41) is 6.50. The van der Waals surface area contributed by atoms with Crippen LogP contribution in [0, 0.1) is 0 Å². The highest BCUT2D eigenvalue weighted by Gasteiger charge is 2.02. The predicted molar refractivity (Wildman–Crippen MR) is 99.4 cm³/mol. The third kappa shape index (κ3) is 4.30. The van der Waals surface area contributed by atoms with E-state index in [1.165, 1.54) is 5.56 Å². The number of aromatic nitrogens is 2. The average Bonchev–Trinajstić information content (AvgIpc) is 2.63. The first kappa shape index (κ1) is 16.0. The summed E-state index contributed by atoms with van der Waals surface area (Å²) in [4.78, 5) is 8.75. The zero-order chi connectivity index (χ0) is 16.6. The maximum atomic E-state index is 5.50. The Balaban J connectivity index is 1.73. The molecule has 0 amide bonds. The van der Waals surface area contributed by atoms with Crippen molar-refractivity contribution < 1.29 is 0 Å². The first-order valence-electron chi connectivity index (χ1n) is 8.04. The Kier molecular flexibility index (Phi) is 5.37. The highest BCUT2D eigenvalue weighted by molar-refractivity contribution is 5.69. The van der Waals surface area contributed by atoms with Gasteiger partial charge in [0.05, 0.1) is 0 Å². The van der Waals surface area contributed by atoms with Gasteiger partial charge in [0.25, 0.3) is 0 Å². The molecule has 122 valence electrons. The molecule has 0 aliphatic carbocycles. The van der Waals surface area contributed by atoms with Gasteiger partial charge in [-0.3, -0.25) is 0 Å². The van der Waals surface area contributed by atoms with Crippen molar-refractivity contribution in [3.05, 3.63) is 66.9 Å². The van der Waals surface area contributed by atoms with Crippen molar-refractivity contribution in [3.8, 4) is 11.1 Å². The number of hydrogen-bond acceptors (Lipinski definition) is 5. The van der Waals surface area contributed by atoms with E-state index in [0.717, 1.165) is 30.0 Å². The first-order chi connectivity index (χ1) is 11.8. The summed E-state index contributed by atoms with van der Waals surface area (Å²) < 4.78 is 0. The van der Waals surface area contributed by atoms with E-state index in [4.69, 9.17) is 5.73 Å². The Labute approximate surface area is 142 Å². The summed E-state index contributed by atoms with van der Waals surface area (Å²) in [6.07, 6.45) is 2.65. The molecule has 0 aliphatic rings. The van der Waals surface area contributed by atoms with Crippen LogP contribution in [0.1, 0.15) is 6.42 Å². The molecule has 1 heterocycles. The van der Waals surface area contributed by atoms with Gasteiger partial charge >= 0.3 is 0 Å². The Morgan fingerprint density at radius 1 is 0.917 bits per heavy atom. The van der Waals surface area contributed by atoms with Crippen LogP contribution in [0.3, 0.4) is 0 Å². The highest BCUT2D eigenvalue weighted by Crippen LogP contribution is 2.23. The van der Waals surface area contributed by atoms with Gasteiger partial charge in [0, 0.05) is 18.4 Å². The minimum Gasteiger partial charge on any atom is -0.370 e. The van der Waals surface area contributed by atoms with Crippen LogP contribution in [0.25, 0.3) is 11.1 Å². The summed E-state index contributed by atoms with van der Waals surface area (Å²) in [6.45, 7) is 1.46. The number of hydrogen-bond donors (Lipinski definition) is 3. The van der Waals surface area contributed by atoms with Crippen LogP contribution in [0.4, 0.5) is 17.5 Å². The molecule has 0 atom stereocenters. The zero-order valence-corrected chi connectivity index (χ0v) is 13.4. The van der Waals surface area contributed by atoms with Gasteiger partial charge in [0.2, 0.25) is 5.95 Å². The molecule has 0 saturated carbocycles. The van der Waals surface area contributed by atoms with Gasteiger partial charge in [-0.15, -0.1) is 0 Å². The molecule has 2 aromatic carbocycles. The van der Waals surface area contributed by atoms with Gasteiger partial charge in [0.1, 0.15) is 5.82 Å². The molecule has 3 aromatic rings. The average molecular weight is 319 g/mol. The molecule has 0 radical (unpaired) electrons. The number of anilines is 3. The van der Waals surface area contributed by atoms with Crippen molar-refractivity contribution in [2.24, 2.45) is 5.73 Å². The van der Waals surface area contributed by atoms with Crippen molar-refractivity contribution in [2.75, 3.05) is 23.7 Å². The minimum atomic E-state index is 0.568. The van der Waals surface area contributed by atoms with E-state index in [2.05, 4.69) is 44.9 Å². The number of rotatable bonds is 7. The van der Waals surface area contributed by atoms with Gasteiger partial charge in [-0.05, 0) is 42.3 Å². The van der Waals surface area contributed by atoms with Gasteiger partial charge in [0.15, 0.2) is 0 Å². The molecular formula is C19H21N5. The normalized spacial score (nSPS) is 10.4. The molecule has 0 bridgehead atoms. The second kappa shape index (κ2) is 8.08. The lowest BCUT2D eigenvalue weighted by molar-refractivity contribution is 0.869. The summed E-state index contributed by atoms with van der Waals surface area (Å²) in [5.41, 5.74) is 8.79. The molecule has 5 heteroatoms. The lowest BCUT2D eigenvalue weighted by atomic mass is 10.1. The predicted octanol–water partition coefficient (Wildman–Crippen LogP) is 3.65. The largest absolute Gasteiger partial charge is 0.370 e. The fourth-order valence-corrected chi connectivity index (χ4v) is 2.37. The van der Waals surface area contributed by atoms with Gasteiger partial charge < -0.3 is 16.4 Å². The second-order valence-corrected chi connectivity index (χ2v) is 5.41. The molecule has 0 unspecified atom stereocenters. The van der Waals surface area contributed by atoms with Crippen molar-refractivity contribution in [3.63, 3.8) is 0 Å². The van der Waals surface area contributed by atoms with Crippen LogP contribution in [-0.2, 0) is 0 Å². The molecule has 0 saturated heterocycles. The Bertz CT molecular complexity index is 773. The van der Waals surface area contributed by atoms with E-state index in [9.17, 15) is 0 Å². The van der Waals surface area contributed by atoms with E-state index in [1.54, 1.807) is 6.20 Å². The van der Waals surface area contributed by atoms with E-state index < -0.39 is 0 Å². The summed E-state index contributed by atoms with van der Waals surface area (Å²) in [7, 11) is 0. The smallest absolute Gasteiger partial charge is 0.229 e. The topological polar surface area (TPSA) is 75.9 Å². The van der Waals surface area contributed by atoms with Crippen molar-refractivity contribution in [1.82, 2.24) is 9.97 Å². The molecule has 3 rings (SSSR count). The monoisotopic (exact) mass is 319 g/mol. The molecule has 0 spiro atoms. The molecule has 1 aromatic heterocycles. The zero-order valence-electron chi connectivity index (χ0n) is 13.4. The van der Waals surface area contributed by atoms with Crippen LogP contribution in [0.2, 0.25) is 0 Å². The van der Waals surface area contributed by atoms with Crippen LogP contribution < -0.4 is 16.4 Å². The highest BCUT2D eigenvalue weighted by atomic mass is 15.1. The molecule has 24 heavy (non-hydrogen) atoms. The Morgan fingerprint density at radius 2 is 1.75 bits per heavy atom.